The van der Waals surface area contributed by atoms with Crippen LogP contribution in [0, 0.1) is 11.7 Å². The van der Waals surface area contributed by atoms with Crippen molar-refractivity contribution in [2.75, 3.05) is 35.7 Å². The smallest absolute Gasteiger partial charge is 0.392 e. The highest BCUT2D eigenvalue weighted by molar-refractivity contribution is 7.90. The fourth-order valence-corrected chi connectivity index (χ4v) is 4.98. The standard InChI is InChI=1S/C21H25F4N5O4S/c1-11(2)16-9-29(12-6-15(22)14(10-31)17(7-12)35(3,33)34)4-5-30(16)20-27-8-13(19(26)32)18(28-20)21(23,24)25/h6-8,11,16,31H,4-5,9-10H2,1-3H3,(H2,26,32). The minimum atomic E-state index is -4.93. The van der Waals surface area contributed by atoms with Gasteiger partial charge in [-0.2, -0.15) is 13.2 Å². The fourth-order valence-electron chi connectivity index (χ4n) is 4.04. The Morgan fingerprint density at radius 3 is 2.46 bits per heavy atom. The Morgan fingerprint density at radius 2 is 1.94 bits per heavy atom. The molecule has 1 aromatic heterocycles. The van der Waals surface area contributed by atoms with E-state index in [0.717, 1.165) is 18.5 Å². The van der Waals surface area contributed by atoms with Gasteiger partial charge < -0.3 is 20.6 Å². The molecule has 9 nitrogen and oxygen atoms in total. The van der Waals surface area contributed by atoms with E-state index in [0.29, 0.717) is 0 Å². The summed E-state index contributed by atoms with van der Waals surface area (Å²) in [5, 5.41) is 9.43. The molecule has 1 aromatic carbocycles. The maximum absolute atomic E-state index is 14.6. The van der Waals surface area contributed by atoms with Crippen LogP contribution in [0.15, 0.2) is 23.2 Å². The summed E-state index contributed by atoms with van der Waals surface area (Å²) in [7, 11) is -3.84. The Hall–Kier alpha value is -3.00. The van der Waals surface area contributed by atoms with Gasteiger partial charge in [0.15, 0.2) is 15.5 Å². The third kappa shape index (κ3) is 5.48. The van der Waals surface area contributed by atoms with E-state index in [2.05, 4.69) is 9.97 Å². The molecular weight excluding hydrogens is 494 g/mol. The maximum Gasteiger partial charge on any atom is 0.434 e. The van der Waals surface area contributed by atoms with Crippen LogP contribution >= 0.6 is 0 Å². The van der Waals surface area contributed by atoms with Gasteiger partial charge in [-0.05, 0) is 18.1 Å². The van der Waals surface area contributed by atoms with Gasteiger partial charge >= 0.3 is 6.18 Å². The largest absolute Gasteiger partial charge is 0.434 e. The summed E-state index contributed by atoms with van der Waals surface area (Å²) in [6.45, 7) is 3.39. The van der Waals surface area contributed by atoms with Gasteiger partial charge in [0.25, 0.3) is 5.91 Å². The number of piperazine rings is 1. The molecule has 1 unspecified atom stereocenters. The summed E-state index contributed by atoms with van der Waals surface area (Å²) < 4.78 is 79.4. The lowest BCUT2D eigenvalue weighted by atomic mass is 9.99. The number of hydrogen-bond donors (Lipinski definition) is 2. The van der Waals surface area contributed by atoms with E-state index in [-0.39, 0.29) is 47.6 Å². The number of aliphatic hydroxyl groups is 1. The van der Waals surface area contributed by atoms with Crippen molar-refractivity contribution in [1.29, 1.82) is 0 Å². The van der Waals surface area contributed by atoms with Crippen LogP contribution in [0.25, 0.3) is 0 Å². The third-order valence-electron chi connectivity index (χ3n) is 5.82. The summed E-state index contributed by atoms with van der Waals surface area (Å²) in [6, 6.07) is 1.95. The number of carbonyl (C=O) groups is 1. The van der Waals surface area contributed by atoms with Crippen molar-refractivity contribution in [3.8, 4) is 0 Å². The quantitative estimate of drug-likeness (QED) is 0.555. The zero-order chi connectivity index (χ0) is 26.3. The molecule has 3 rings (SSSR count). The van der Waals surface area contributed by atoms with E-state index in [1.807, 2.05) is 13.8 Å². The first-order valence-corrected chi connectivity index (χ1v) is 12.4. The molecule has 0 aliphatic carbocycles. The van der Waals surface area contributed by atoms with Gasteiger partial charge in [-0.3, -0.25) is 4.79 Å². The molecule has 35 heavy (non-hydrogen) atoms. The first kappa shape index (κ1) is 26.6. The number of primary amides is 1. The third-order valence-corrected chi connectivity index (χ3v) is 6.98. The normalized spacial score (nSPS) is 17.2. The topological polar surface area (TPSA) is 130 Å². The Labute approximate surface area is 199 Å². The lowest BCUT2D eigenvalue weighted by molar-refractivity contribution is -0.141. The molecule has 2 heterocycles. The number of nitrogens with zero attached hydrogens (tertiary/aromatic N) is 4. The Bertz CT molecular complexity index is 1240. The van der Waals surface area contributed by atoms with Gasteiger partial charge in [0.2, 0.25) is 5.95 Å². The number of halogens is 4. The number of carbonyl (C=O) groups excluding carboxylic acids is 1. The summed E-state index contributed by atoms with van der Waals surface area (Å²) in [5.41, 5.74) is 2.70. The highest BCUT2D eigenvalue weighted by atomic mass is 32.2. The summed E-state index contributed by atoms with van der Waals surface area (Å²) in [6.07, 6.45) is -3.27. The van der Waals surface area contributed by atoms with Crippen molar-refractivity contribution in [3.63, 3.8) is 0 Å². The number of alkyl halides is 3. The van der Waals surface area contributed by atoms with Crippen molar-refractivity contribution >= 4 is 27.4 Å². The number of amides is 1. The SMILES string of the molecule is CC(C)C1CN(c2cc(F)c(CO)c(S(C)(=O)=O)c2)CCN1c1ncc(C(N)=O)c(C(F)(F)F)n1. The monoisotopic (exact) mass is 519 g/mol. The molecule has 0 saturated carbocycles. The second kappa shape index (κ2) is 9.57. The van der Waals surface area contributed by atoms with Crippen molar-refractivity contribution in [2.24, 2.45) is 11.7 Å². The molecule has 14 heteroatoms. The second-order valence-electron chi connectivity index (χ2n) is 8.58. The van der Waals surface area contributed by atoms with Crippen LogP contribution in [0.1, 0.15) is 35.5 Å². The van der Waals surface area contributed by atoms with E-state index in [1.165, 1.54) is 6.07 Å². The van der Waals surface area contributed by atoms with Crippen LogP contribution in [0.5, 0.6) is 0 Å². The Balaban J connectivity index is 2.00. The van der Waals surface area contributed by atoms with Crippen molar-refractivity contribution < 1.29 is 35.9 Å². The number of hydrogen-bond acceptors (Lipinski definition) is 8. The van der Waals surface area contributed by atoms with Crippen LogP contribution < -0.4 is 15.5 Å². The van der Waals surface area contributed by atoms with E-state index in [1.54, 1.807) is 9.80 Å². The molecule has 1 saturated heterocycles. The molecule has 2 aromatic rings. The summed E-state index contributed by atoms with van der Waals surface area (Å²) in [4.78, 5) is 21.9. The fraction of sp³-hybridized carbons (Fsp3) is 0.476. The second-order valence-corrected chi connectivity index (χ2v) is 10.6. The number of anilines is 2. The average Bonchev–Trinajstić information content (AvgIpc) is 2.76. The number of nitrogens with two attached hydrogens (primary N) is 1. The molecule has 1 amide bonds. The number of aromatic nitrogens is 2. The minimum Gasteiger partial charge on any atom is -0.392 e. The molecular formula is C21H25F4N5O4S. The molecule has 1 aliphatic heterocycles. The maximum atomic E-state index is 14.6. The van der Waals surface area contributed by atoms with Crippen LogP contribution in [0.4, 0.5) is 29.2 Å². The number of aliphatic hydroxyl groups excluding tert-OH is 1. The predicted octanol–water partition coefficient (Wildman–Crippen LogP) is 1.98. The molecule has 0 bridgehead atoms. The summed E-state index contributed by atoms with van der Waals surface area (Å²) >= 11 is 0. The van der Waals surface area contributed by atoms with Crippen LogP contribution in [-0.4, -0.2) is 61.3 Å². The number of benzene rings is 1. The number of sulfone groups is 1. The molecule has 1 atom stereocenters. The van der Waals surface area contributed by atoms with Crippen molar-refractivity contribution in [1.82, 2.24) is 9.97 Å². The molecule has 0 radical (unpaired) electrons. The van der Waals surface area contributed by atoms with E-state index < -0.39 is 51.6 Å². The van der Waals surface area contributed by atoms with Crippen LogP contribution in [0.2, 0.25) is 0 Å². The zero-order valence-corrected chi connectivity index (χ0v) is 20.0. The number of rotatable bonds is 6. The van der Waals surface area contributed by atoms with E-state index in [9.17, 15) is 35.9 Å². The first-order valence-electron chi connectivity index (χ1n) is 10.5. The lowest BCUT2D eigenvalue weighted by Crippen LogP contribution is -2.56. The van der Waals surface area contributed by atoms with Crippen molar-refractivity contribution in [2.45, 2.75) is 37.6 Å². The molecule has 3 N–H and O–H groups in total. The zero-order valence-electron chi connectivity index (χ0n) is 19.2. The minimum absolute atomic E-state index is 0.123. The van der Waals surface area contributed by atoms with Gasteiger partial charge in [0.05, 0.1) is 23.1 Å². The Morgan fingerprint density at radius 1 is 1.29 bits per heavy atom. The predicted molar refractivity (Wildman–Crippen MR) is 119 cm³/mol. The highest BCUT2D eigenvalue weighted by Gasteiger charge is 2.39. The first-order chi connectivity index (χ1) is 16.1. The lowest BCUT2D eigenvalue weighted by Gasteiger charge is -2.44. The molecule has 0 spiro atoms. The van der Waals surface area contributed by atoms with Gasteiger partial charge in [0, 0.05) is 43.3 Å². The van der Waals surface area contributed by atoms with Crippen molar-refractivity contribution in [3.05, 3.63) is 41.0 Å². The molecule has 1 fully saturated rings. The van der Waals surface area contributed by atoms with Gasteiger partial charge in [-0.15, -0.1) is 0 Å². The van der Waals surface area contributed by atoms with Gasteiger partial charge in [-0.25, -0.2) is 22.8 Å². The molecule has 1 aliphatic rings. The van der Waals surface area contributed by atoms with E-state index >= 15 is 0 Å². The van der Waals surface area contributed by atoms with E-state index in [4.69, 9.17) is 5.73 Å². The van der Waals surface area contributed by atoms with Crippen LogP contribution in [-0.2, 0) is 22.6 Å². The van der Waals surface area contributed by atoms with Gasteiger partial charge in [-0.1, -0.05) is 13.8 Å². The average molecular weight is 520 g/mol. The van der Waals surface area contributed by atoms with Gasteiger partial charge in [0.1, 0.15) is 5.82 Å². The highest BCUT2D eigenvalue weighted by Crippen LogP contribution is 2.34. The van der Waals surface area contributed by atoms with Crippen LogP contribution in [0.3, 0.4) is 0 Å². The summed E-state index contributed by atoms with van der Waals surface area (Å²) in [5.74, 6) is -2.54. The Kier molecular flexibility index (Phi) is 7.27. The molecule has 192 valence electrons.